The van der Waals surface area contributed by atoms with Gasteiger partial charge in [-0.05, 0) is 18.2 Å². The van der Waals surface area contributed by atoms with Gasteiger partial charge in [-0.25, -0.2) is 28.4 Å². The molecule has 160 valence electrons. The van der Waals surface area contributed by atoms with E-state index < -0.39 is 17.2 Å². The molecule has 1 atom stereocenters. The highest BCUT2D eigenvalue weighted by atomic mass is 32.1. The predicted octanol–water partition coefficient (Wildman–Crippen LogP) is 3.40. The molecule has 32 heavy (non-hydrogen) atoms. The highest BCUT2D eigenvalue weighted by Crippen LogP contribution is 2.39. The van der Waals surface area contributed by atoms with Crippen LogP contribution in [0.5, 0.6) is 0 Å². The fraction of sp³-hybridized carbons (Fsp3) is 0.0952. The minimum absolute atomic E-state index is 0.0842. The lowest BCUT2D eigenvalue weighted by molar-refractivity contribution is 0.0569. The van der Waals surface area contributed by atoms with Crippen LogP contribution in [0.1, 0.15) is 10.4 Å². The standard InChI is InChI=1S/C21H15F2N7OS/c22-15-4-5-16(17(23)7-15)21(31,9-30-12-24-10-28-30)18-8-25-20(32-18)14-3-1-2-13(6-14)19-26-11-27-29-19/h1-8,10-12,31H,9H2,(H,26,27,29). The predicted molar refractivity (Wildman–Crippen MR) is 112 cm³/mol. The first-order chi connectivity index (χ1) is 15.5. The summed E-state index contributed by atoms with van der Waals surface area (Å²) in [4.78, 5) is 12.8. The molecular weight excluding hydrogens is 436 g/mol. The van der Waals surface area contributed by atoms with Crippen LogP contribution in [0.4, 0.5) is 8.78 Å². The molecule has 0 radical (unpaired) electrons. The van der Waals surface area contributed by atoms with Crippen LogP contribution in [0.15, 0.2) is 67.6 Å². The molecule has 2 aromatic carbocycles. The second kappa shape index (κ2) is 8.02. The molecule has 0 saturated heterocycles. The molecule has 0 saturated carbocycles. The Kier molecular flexibility index (Phi) is 5.04. The fourth-order valence-corrected chi connectivity index (χ4v) is 4.41. The number of aromatic nitrogens is 7. The highest BCUT2D eigenvalue weighted by molar-refractivity contribution is 7.15. The number of aliphatic hydroxyl groups is 1. The van der Waals surface area contributed by atoms with Gasteiger partial charge in [0, 0.05) is 29.0 Å². The molecule has 5 aromatic rings. The lowest BCUT2D eigenvalue weighted by atomic mass is 9.92. The minimum atomic E-state index is -1.84. The highest BCUT2D eigenvalue weighted by Gasteiger charge is 2.37. The molecule has 1 unspecified atom stereocenters. The van der Waals surface area contributed by atoms with Gasteiger partial charge in [0.25, 0.3) is 0 Å². The molecule has 11 heteroatoms. The van der Waals surface area contributed by atoms with Gasteiger partial charge in [0.05, 0.1) is 11.4 Å². The summed E-state index contributed by atoms with van der Waals surface area (Å²) in [7, 11) is 0. The molecule has 0 fully saturated rings. The molecule has 3 heterocycles. The van der Waals surface area contributed by atoms with Gasteiger partial charge in [-0.3, -0.25) is 5.10 Å². The van der Waals surface area contributed by atoms with E-state index in [0.717, 1.165) is 23.3 Å². The van der Waals surface area contributed by atoms with Gasteiger partial charge in [-0.2, -0.15) is 10.2 Å². The van der Waals surface area contributed by atoms with Crippen molar-refractivity contribution >= 4 is 11.3 Å². The summed E-state index contributed by atoms with van der Waals surface area (Å²) in [5.41, 5.74) is -0.351. The van der Waals surface area contributed by atoms with Crippen molar-refractivity contribution in [3.63, 3.8) is 0 Å². The first-order valence-corrected chi connectivity index (χ1v) is 10.3. The number of halogens is 2. The second-order valence-electron chi connectivity index (χ2n) is 7.01. The Morgan fingerprint density at radius 2 is 1.97 bits per heavy atom. The van der Waals surface area contributed by atoms with E-state index in [1.165, 1.54) is 47.3 Å². The van der Waals surface area contributed by atoms with Crippen molar-refractivity contribution in [2.45, 2.75) is 12.1 Å². The van der Waals surface area contributed by atoms with Gasteiger partial charge in [0.1, 0.15) is 41.2 Å². The van der Waals surface area contributed by atoms with E-state index in [9.17, 15) is 13.9 Å². The van der Waals surface area contributed by atoms with Crippen LogP contribution in [-0.2, 0) is 12.1 Å². The van der Waals surface area contributed by atoms with E-state index in [4.69, 9.17) is 0 Å². The van der Waals surface area contributed by atoms with Gasteiger partial charge >= 0.3 is 0 Å². The van der Waals surface area contributed by atoms with Crippen molar-refractivity contribution in [2.75, 3.05) is 0 Å². The van der Waals surface area contributed by atoms with Crippen LogP contribution in [0, 0.1) is 11.6 Å². The Bertz CT molecular complexity index is 1350. The zero-order chi connectivity index (χ0) is 22.1. The van der Waals surface area contributed by atoms with Crippen LogP contribution >= 0.6 is 11.3 Å². The topological polar surface area (TPSA) is 105 Å². The summed E-state index contributed by atoms with van der Waals surface area (Å²) < 4.78 is 29.6. The van der Waals surface area contributed by atoms with Gasteiger partial charge in [-0.15, -0.1) is 11.3 Å². The molecule has 0 aliphatic heterocycles. The number of nitrogens with zero attached hydrogens (tertiary/aromatic N) is 6. The Hall–Kier alpha value is -3.83. The summed E-state index contributed by atoms with van der Waals surface area (Å²) in [6.45, 7) is -0.131. The van der Waals surface area contributed by atoms with E-state index >= 15 is 0 Å². The summed E-state index contributed by atoms with van der Waals surface area (Å²) >= 11 is 1.20. The third-order valence-corrected chi connectivity index (χ3v) is 6.13. The third kappa shape index (κ3) is 3.67. The number of hydrogen-bond acceptors (Lipinski definition) is 7. The monoisotopic (exact) mass is 451 g/mol. The third-order valence-electron chi connectivity index (χ3n) is 4.93. The normalized spacial score (nSPS) is 13.2. The summed E-state index contributed by atoms with van der Waals surface area (Å²) in [5.74, 6) is -1.06. The smallest absolute Gasteiger partial charge is 0.180 e. The molecule has 8 nitrogen and oxygen atoms in total. The molecule has 0 aliphatic carbocycles. The Labute approximate surface area is 184 Å². The summed E-state index contributed by atoms with van der Waals surface area (Å²) in [6.07, 6.45) is 5.70. The van der Waals surface area contributed by atoms with E-state index in [-0.39, 0.29) is 12.1 Å². The molecule has 0 bridgehead atoms. The summed E-state index contributed by atoms with van der Waals surface area (Å²) in [6, 6.07) is 10.5. The van der Waals surface area contributed by atoms with Crippen molar-refractivity contribution in [2.24, 2.45) is 0 Å². The maximum atomic E-state index is 14.7. The van der Waals surface area contributed by atoms with E-state index in [2.05, 4.69) is 30.2 Å². The van der Waals surface area contributed by atoms with Gasteiger partial charge in [-0.1, -0.05) is 18.2 Å². The molecular formula is C21H15F2N7OS. The zero-order valence-electron chi connectivity index (χ0n) is 16.4. The molecule has 2 N–H and O–H groups in total. The van der Waals surface area contributed by atoms with Crippen LogP contribution in [-0.4, -0.2) is 40.0 Å². The van der Waals surface area contributed by atoms with Gasteiger partial charge in [0.2, 0.25) is 0 Å². The first-order valence-electron chi connectivity index (χ1n) is 9.46. The molecule has 0 amide bonds. The lowest BCUT2D eigenvalue weighted by Gasteiger charge is -2.27. The van der Waals surface area contributed by atoms with E-state index in [1.54, 1.807) is 0 Å². The van der Waals surface area contributed by atoms with Crippen LogP contribution in [0.2, 0.25) is 0 Å². The van der Waals surface area contributed by atoms with Crippen molar-refractivity contribution in [3.8, 4) is 22.0 Å². The quantitative estimate of drug-likeness (QED) is 0.410. The molecule has 0 aliphatic rings. The average molecular weight is 451 g/mol. The average Bonchev–Trinajstić information content (AvgIpc) is 3.56. The van der Waals surface area contributed by atoms with Gasteiger partial charge < -0.3 is 5.11 Å². The summed E-state index contributed by atoms with van der Waals surface area (Å²) in [5, 5.41) is 23.0. The largest absolute Gasteiger partial charge is 0.377 e. The number of aromatic amines is 1. The maximum absolute atomic E-state index is 14.7. The fourth-order valence-electron chi connectivity index (χ4n) is 3.41. The molecule has 0 spiro atoms. The minimum Gasteiger partial charge on any atom is -0.377 e. The molecule has 5 rings (SSSR count). The molecule has 3 aromatic heterocycles. The number of nitrogens with one attached hydrogen (secondary N) is 1. The van der Waals surface area contributed by atoms with E-state index in [1.807, 2.05) is 24.3 Å². The number of rotatable bonds is 6. The second-order valence-corrected chi connectivity index (χ2v) is 8.04. The van der Waals surface area contributed by atoms with Gasteiger partial charge in [0.15, 0.2) is 5.82 Å². The lowest BCUT2D eigenvalue weighted by Crippen LogP contribution is -2.33. The zero-order valence-corrected chi connectivity index (χ0v) is 17.2. The first kappa shape index (κ1) is 20.1. The van der Waals surface area contributed by atoms with E-state index in [0.29, 0.717) is 15.7 Å². The maximum Gasteiger partial charge on any atom is 0.180 e. The Balaban J connectivity index is 1.57. The SMILES string of the molecule is OC(Cn1cncn1)(c1cnc(-c2cccc(-c3nc[nH]n3)c2)s1)c1ccc(F)cc1F. The van der Waals surface area contributed by atoms with Crippen molar-refractivity contribution < 1.29 is 13.9 Å². The number of thiazole rings is 1. The number of H-pyrrole nitrogens is 1. The Morgan fingerprint density at radius 3 is 2.72 bits per heavy atom. The van der Waals surface area contributed by atoms with Crippen molar-refractivity contribution in [3.05, 3.63) is 89.7 Å². The number of hydrogen-bond donors (Lipinski definition) is 2. The van der Waals surface area contributed by atoms with Crippen LogP contribution < -0.4 is 0 Å². The Morgan fingerprint density at radius 1 is 1.09 bits per heavy atom. The van der Waals surface area contributed by atoms with Crippen molar-refractivity contribution in [1.82, 2.24) is 34.9 Å². The van der Waals surface area contributed by atoms with Crippen molar-refractivity contribution in [1.29, 1.82) is 0 Å². The van der Waals surface area contributed by atoms with Crippen LogP contribution in [0.25, 0.3) is 22.0 Å². The van der Waals surface area contributed by atoms with Crippen LogP contribution in [0.3, 0.4) is 0 Å². The number of benzene rings is 2.